The van der Waals surface area contributed by atoms with Crippen LogP contribution in [0, 0.1) is 6.92 Å². The molecule has 1 amide bonds. The summed E-state index contributed by atoms with van der Waals surface area (Å²) in [5.41, 5.74) is 9.61. The highest BCUT2D eigenvalue weighted by Gasteiger charge is 2.14. The molecule has 0 fully saturated rings. The summed E-state index contributed by atoms with van der Waals surface area (Å²) in [7, 11) is 0. The molecular formula is C16H16Cl2N2O. The zero-order valence-corrected chi connectivity index (χ0v) is 13.3. The smallest absolute Gasteiger partial charge is 0.257 e. The molecule has 0 aliphatic carbocycles. The van der Waals surface area contributed by atoms with Crippen LogP contribution in [0.4, 0.5) is 11.4 Å². The van der Waals surface area contributed by atoms with Crippen molar-refractivity contribution in [3.05, 3.63) is 57.1 Å². The number of hydrogen-bond acceptors (Lipinski definition) is 2. The van der Waals surface area contributed by atoms with Gasteiger partial charge in [0.2, 0.25) is 0 Å². The van der Waals surface area contributed by atoms with Gasteiger partial charge in [-0.15, -0.1) is 0 Å². The average molecular weight is 323 g/mol. The average Bonchev–Trinajstić information content (AvgIpc) is 2.41. The molecule has 0 radical (unpaired) electrons. The van der Waals surface area contributed by atoms with Gasteiger partial charge in [-0.2, -0.15) is 0 Å². The fourth-order valence-corrected chi connectivity index (χ4v) is 2.70. The van der Waals surface area contributed by atoms with Gasteiger partial charge in [-0.05, 0) is 54.8 Å². The number of rotatable bonds is 3. The second-order valence-electron chi connectivity index (χ2n) is 4.80. The van der Waals surface area contributed by atoms with Gasteiger partial charge in [-0.3, -0.25) is 4.79 Å². The van der Waals surface area contributed by atoms with Gasteiger partial charge in [0.05, 0.1) is 10.6 Å². The van der Waals surface area contributed by atoms with Gasteiger partial charge >= 0.3 is 0 Å². The van der Waals surface area contributed by atoms with Gasteiger partial charge in [-0.1, -0.05) is 30.1 Å². The molecule has 2 aromatic carbocycles. The third-order valence-corrected chi connectivity index (χ3v) is 3.78. The Bertz CT molecular complexity index is 699. The normalized spacial score (nSPS) is 10.5. The van der Waals surface area contributed by atoms with E-state index in [1.54, 1.807) is 18.2 Å². The summed E-state index contributed by atoms with van der Waals surface area (Å²) >= 11 is 11.9. The van der Waals surface area contributed by atoms with Crippen LogP contribution in [0.3, 0.4) is 0 Å². The Morgan fingerprint density at radius 2 is 1.95 bits per heavy atom. The van der Waals surface area contributed by atoms with Crippen molar-refractivity contribution < 1.29 is 4.79 Å². The molecule has 0 aromatic heterocycles. The molecule has 21 heavy (non-hydrogen) atoms. The molecule has 0 heterocycles. The number of nitrogens with two attached hydrogens (primary N) is 1. The number of benzene rings is 2. The molecule has 0 spiro atoms. The third kappa shape index (κ3) is 3.49. The summed E-state index contributed by atoms with van der Waals surface area (Å²) < 4.78 is 0. The quantitative estimate of drug-likeness (QED) is 0.805. The summed E-state index contributed by atoms with van der Waals surface area (Å²) in [6, 6.07) is 8.50. The van der Waals surface area contributed by atoms with E-state index in [0.29, 0.717) is 21.3 Å². The minimum atomic E-state index is -0.265. The minimum Gasteiger partial charge on any atom is -0.399 e. The van der Waals surface area contributed by atoms with Gasteiger partial charge in [0.15, 0.2) is 0 Å². The standard InChI is InChI=1S/C16H16Cl2N2O/c1-3-10-7-12(19)6-9(2)15(10)20-16(21)13-5-4-11(17)8-14(13)18/h4-8H,3,19H2,1-2H3,(H,20,21). The second kappa shape index (κ2) is 6.37. The van der Waals surface area contributed by atoms with E-state index in [9.17, 15) is 4.79 Å². The van der Waals surface area contributed by atoms with E-state index < -0.39 is 0 Å². The number of aryl methyl sites for hydroxylation is 2. The van der Waals surface area contributed by atoms with Gasteiger partial charge in [0, 0.05) is 16.4 Å². The van der Waals surface area contributed by atoms with Crippen molar-refractivity contribution in [1.82, 2.24) is 0 Å². The van der Waals surface area contributed by atoms with E-state index in [1.165, 1.54) is 0 Å². The number of carbonyl (C=O) groups excluding carboxylic acids is 1. The number of nitrogen functional groups attached to an aromatic ring is 1. The lowest BCUT2D eigenvalue weighted by Crippen LogP contribution is -2.15. The van der Waals surface area contributed by atoms with E-state index in [4.69, 9.17) is 28.9 Å². The maximum Gasteiger partial charge on any atom is 0.257 e. The van der Waals surface area contributed by atoms with Crippen molar-refractivity contribution >= 4 is 40.5 Å². The first-order valence-electron chi connectivity index (χ1n) is 6.57. The molecule has 0 atom stereocenters. The van der Waals surface area contributed by atoms with Crippen molar-refractivity contribution in [3.8, 4) is 0 Å². The van der Waals surface area contributed by atoms with Crippen LogP contribution in [-0.4, -0.2) is 5.91 Å². The topological polar surface area (TPSA) is 55.1 Å². The molecule has 110 valence electrons. The Kier molecular flexibility index (Phi) is 4.76. The molecule has 2 aromatic rings. The highest BCUT2D eigenvalue weighted by Crippen LogP contribution is 2.27. The molecule has 5 heteroatoms. The molecule has 0 saturated carbocycles. The van der Waals surface area contributed by atoms with Crippen LogP contribution in [0.5, 0.6) is 0 Å². The summed E-state index contributed by atoms with van der Waals surface area (Å²) in [6.45, 7) is 3.92. The van der Waals surface area contributed by atoms with Crippen LogP contribution in [0.2, 0.25) is 10.0 Å². The number of amides is 1. The first-order valence-corrected chi connectivity index (χ1v) is 7.33. The molecule has 0 aliphatic heterocycles. The molecule has 0 saturated heterocycles. The minimum absolute atomic E-state index is 0.265. The summed E-state index contributed by atoms with van der Waals surface area (Å²) in [6.07, 6.45) is 0.774. The van der Waals surface area contributed by atoms with Crippen LogP contribution in [0.1, 0.15) is 28.4 Å². The number of anilines is 2. The zero-order valence-electron chi connectivity index (χ0n) is 11.8. The molecule has 0 unspecified atom stereocenters. The monoisotopic (exact) mass is 322 g/mol. The Hall–Kier alpha value is -1.71. The highest BCUT2D eigenvalue weighted by atomic mass is 35.5. The van der Waals surface area contributed by atoms with Crippen LogP contribution in [0.25, 0.3) is 0 Å². The predicted octanol–water partition coefficient (Wildman–Crippen LogP) is 4.70. The molecule has 0 bridgehead atoms. The maximum absolute atomic E-state index is 12.4. The van der Waals surface area contributed by atoms with Crippen LogP contribution >= 0.6 is 23.2 Å². The first-order chi connectivity index (χ1) is 9.92. The Morgan fingerprint density at radius 3 is 2.57 bits per heavy atom. The Morgan fingerprint density at radius 1 is 1.24 bits per heavy atom. The molecule has 3 nitrogen and oxygen atoms in total. The summed E-state index contributed by atoms with van der Waals surface area (Å²) in [5, 5.41) is 3.73. The van der Waals surface area contributed by atoms with Gasteiger partial charge in [-0.25, -0.2) is 0 Å². The Balaban J connectivity index is 2.36. The number of carbonyl (C=O) groups is 1. The zero-order chi connectivity index (χ0) is 15.6. The van der Waals surface area contributed by atoms with Crippen molar-refractivity contribution in [2.45, 2.75) is 20.3 Å². The van der Waals surface area contributed by atoms with Gasteiger partial charge in [0.25, 0.3) is 5.91 Å². The Labute approximate surface area is 134 Å². The number of hydrogen-bond donors (Lipinski definition) is 2. The maximum atomic E-state index is 12.4. The summed E-state index contributed by atoms with van der Waals surface area (Å²) in [5.74, 6) is -0.265. The number of nitrogens with one attached hydrogen (secondary N) is 1. The fraction of sp³-hybridized carbons (Fsp3) is 0.188. The third-order valence-electron chi connectivity index (χ3n) is 3.23. The number of halogens is 2. The molecular weight excluding hydrogens is 307 g/mol. The SMILES string of the molecule is CCc1cc(N)cc(C)c1NC(=O)c1ccc(Cl)cc1Cl. The van der Waals surface area contributed by atoms with Crippen molar-refractivity contribution in [2.75, 3.05) is 11.1 Å². The predicted molar refractivity (Wildman–Crippen MR) is 89.4 cm³/mol. The van der Waals surface area contributed by atoms with E-state index in [1.807, 2.05) is 26.0 Å². The van der Waals surface area contributed by atoms with Gasteiger partial charge in [0.1, 0.15) is 0 Å². The molecule has 2 rings (SSSR count). The van der Waals surface area contributed by atoms with E-state index >= 15 is 0 Å². The lowest BCUT2D eigenvalue weighted by Gasteiger charge is -2.14. The van der Waals surface area contributed by atoms with Crippen LogP contribution < -0.4 is 11.1 Å². The van der Waals surface area contributed by atoms with E-state index in [-0.39, 0.29) is 5.91 Å². The molecule has 0 aliphatic rings. The summed E-state index contributed by atoms with van der Waals surface area (Å²) in [4.78, 5) is 12.4. The van der Waals surface area contributed by atoms with Crippen molar-refractivity contribution in [1.29, 1.82) is 0 Å². The van der Waals surface area contributed by atoms with Crippen molar-refractivity contribution in [3.63, 3.8) is 0 Å². The van der Waals surface area contributed by atoms with Gasteiger partial charge < -0.3 is 11.1 Å². The van der Waals surface area contributed by atoms with E-state index in [2.05, 4.69) is 5.32 Å². The highest BCUT2D eigenvalue weighted by molar-refractivity contribution is 6.37. The van der Waals surface area contributed by atoms with Crippen LogP contribution in [-0.2, 0) is 6.42 Å². The second-order valence-corrected chi connectivity index (χ2v) is 5.65. The van der Waals surface area contributed by atoms with Crippen LogP contribution in [0.15, 0.2) is 30.3 Å². The fourth-order valence-electron chi connectivity index (χ4n) is 2.20. The molecule has 3 N–H and O–H groups in total. The largest absolute Gasteiger partial charge is 0.399 e. The lowest BCUT2D eigenvalue weighted by atomic mass is 10.0. The van der Waals surface area contributed by atoms with Crippen molar-refractivity contribution in [2.24, 2.45) is 0 Å². The van der Waals surface area contributed by atoms with E-state index in [0.717, 1.165) is 23.2 Å². The first kappa shape index (κ1) is 15.7. The lowest BCUT2D eigenvalue weighted by molar-refractivity contribution is 0.102.